The molecule has 6 aromatic rings. The van der Waals surface area contributed by atoms with E-state index in [2.05, 4.69) is 109 Å². The second kappa shape index (κ2) is 9.56. The fourth-order valence-corrected chi connectivity index (χ4v) is 4.81. The van der Waals surface area contributed by atoms with Crippen molar-refractivity contribution in [2.24, 2.45) is 0 Å². The maximum atomic E-state index is 5.31. The highest BCUT2D eigenvalue weighted by atomic mass is 15.1. The number of nitrogens with zero attached hydrogens (tertiary/aromatic N) is 4. The Morgan fingerprint density at radius 1 is 0.500 bits per heavy atom. The van der Waals surface area contributed by atoms with E-state index < -0.39 is 0 Å². The SMILES string of the molecule is CN(C)c1ccc(-c2ccc(-c3ccc(N(C)C)cc3)c3nc(-c4ccc[nH]4)c(-c4ccc[nH]4)nc23)cc1. The van der Waals surface area contributed by atoms with Crippen molar-refractivity contribution in [3.63, 3.8) is 0 Å². The van der Waals surface area contributed by atoms with E-state index in [-0.39, 0.29) is 0 Å². The predicted octanol–water partition coefficient (Wildman–Crippen LogP) is 7.09. The van der Waals surface area contributed by atoms with Crippen molar-refractivity contribution in [2.75, 3.05) is 38.0 Å². The highest BCUT2D eigenvalue weighted by molar-refractivity contribution is 6.02. The molecule has 6 rings (SSSR count). The molecule has 188 valence electrons. The number of aromatic nitrogens is 4. The zero-order chi connectivity index (χ0) is 26.2. The molecule has 0 unspecified atom stereocenters. The van der Waals surface area contributed by atoms with Crippen molar-refractivity contribution in [1.29, 1.82) is 0 Å². The lowest BCUT2D eigenvalue weighted by Crippen LogP contribution is -2.08. The van der Waals surface area contributed by atoms with E-state index in [4.69, 9.17) is 9.97 Å². The summed E-state index contributed by atoms with van der Waals surface area (Å²) in [4.78, 5) is 21.5. The Labute approximate surface area is 222 Å². The van der Waals surface area contributed by atoms with Gasteiger partial charge in [0.15, 0.2) is 0 Å². The van der Waals surface area contributed by atoms with E-state index in [1.807, 2.05) is 36.7 Å². The third-order valence-corrected chi connectivity index (χ3v) is 6.92. The number of rotatable bonds is 6. The molecule has 0 fully saturated rings. The molecule has 0 atom stereocenters. The second-order valence-electron chi connectivity index (χ2n) is 9.83. The number of hydrogen-bond donors (Lipinski definition) is 2. The summed E-state index contributed by atoms with van der Waals surface area (Å²) < 4.78 is 0. The molecule has 3 aromatic heterocycles. The molecular weight excluding hydrogens is 468 g/mol. The predicted molar refractivity (Wildman–Crippen MR) is 159 cm³/mol. The van der Waals surface area contributed by atoms with Crippen LogP contribution >= 0.6 is 0 Å². The van der Waals surface area contributed by atoms with Crippen LogP contribution in [0.5, 0.6) is 0 Å². The number of hydrogen-bond acceptors (Lipinski definition) is 4. The van der Waals surface area contributed by atoms with Crippen molar-refractivity contribution < 1.29 is 0 Å². The number of fused-ring (bicyclic) bond motifs is 1. The summed E-state index contributed by atoms with van der Waals surface area (Å²) >= 11 is 0. The van der Waals surface area contributed by atoms with Crippen molar-refractivity contribution in [3.8, 4) is 45.0 Å². The summed E-state index contributed by atoms with van der Waals surface area (Å²) in [5, 5.41) is 0. The van der Waals surface area contributed by atoms with Crippen molar-refractivity contribution >= 4 is 22.4 Å². The summed E-state index contributed by atoms with van der Waals surface area (Å²) in [5.74, 6) is 0. The minimum absolute atomic E-state index is 0.816. The smallest absolute Gasteiger partial charge is 0.115 e. The van der Waals surface area contributed by atoms with E-state index in [9.17, 15) is 0 Å². The van der Waals surface area contributed by atoms with Crippen molar-refractivity contribution in [3.05, 3.63) is 97.3 Å². The summed E-state index contributed by atoms with van der Waals surface area (Å²) in [6.07, 6.45) is 3.84. The normalized spacial score (nSPS) is 11.2. The molecule has 6 heteroatoms. The molecule has 3 aromatic carbocycles. The molecule has 2 N–H and O–H groups in total. The molecular formula is C32H30N6. The first-order valence-corrected chi connectivity index (χ1v) is 12.7. The first kappa shape index (κ1) is 23.6. The van der Waals surface area contributed by atoms with E-state index >= 15 is 0 Å². The highest BCUT2D eigenvalue weighted by Crippen LogP contribution is 2.38. The first-order valence-electron chi connectivity index (χ1n) is 12.7. The first-order chi connectivity index (χ1) is 18.5. The van der Waals surface area contributed by atoms with Gasteiger partial charge < -0.3 is 19.8 Å². The average Bonchev–Trinajstić information content (AvgIpc) is 3.67. The lowest BCUT2D eigenvalue weighted by atomic mass is 9.96. The van der Waals surface area contributed by atoms with Crippen LogP contribution in [0.3, 0.4) is 0 Å². The third-order valence-electron chi connectivity index (χ3n) is 6.92. The van der Waals surface area contributed by atoms with Gasteiger partial charge in [0.1, 0.15) is 11.4 Å². The maximum absolute atomic E-state index is 5.31. The van der Waals surface area contributed by atoms with Crippen LogP contribution in [-0.2, 0) is 0 Å². The fraction of sp³-hybridized carbons (Fsp3) is 0.125. The van der Waals surface area contributed by atoms with Gasteiger partial charge in [0.2, 0.25) is 0 Å². The molecule has 0 aliphatic heterocycles. The van der Waals surface area contributed by atoms with Gasteiger partial charge in [-0.3, -0.25) is 0 Å². The largest absolute Gasteiger partial charge is 0.378 e. The van der Waals surface area contributed by atoms with Crippen LogP contribution < -0.4 is 9.80 Å². The van der Waals surface area contributed by atoms with Crippen LogP contribution in [0.25, 0.3) is 56.1 Å². The summed E-state index contributed by atoms with van der Waals surface area (Å²) in [6, 6.07) is 29.6. The molecule has 38 heavy (non-hydrogen) atoms. The molecule has 0 radical (unpaired) electrons. The van der Waals surface area contributed by atoms with E-state index in [1.165, 1.54) is 0 Å². The van der Waals surface area contributed by atoms with E-state index in [0.29, 0.717) is 0 Å². The molecule has 6 nitrogen and oxygen atoms in total. The molecule has 0 saturated carbocycles. The summed E-state index contributed by atoms with van der Waals surface area (Å²) in [5.41, 5.74) is 11.9. The van der Waals surface area contributed by atoms with Gasteiger partial charge in [0.05, 0.1) is 22.4 Å². The van der Waals surface area contributed by atoms with Gasteiger partial charge in [-0.05, 0) is 59.7 Å². The van der Waals surface area contributed by atoms with Crippen LogP contribution in [-0.4, -0.2) is 48.1 Å². The Morgan fingerprint density at radius 2 is 0.895 bits per heavy atom. The molecule has 0 saturated heterocycles. The highest BCUT2D eigenvalue weighted by Gasteiger charge is 2.19. The summed E-state index contributed by atoms with van der Waals surface area (Å²) in [6.45, 7) is 0. The van der Waals surface area contributed by atoms with Gasteiger partial charge in [-0.2, -0.15) is 0 Å². The van der Waals surface area contributed by atoms with Gasteiger partial charge in [0, 0.05) is 63.1 Å². The molecule has 0 bridgehead atoms. The minimum atomic E-state index is 0.816. The van der Waals surface area contributed by atoms with Crippen molar-refractivity contribution in [2.45, 2.75) is 0 Å². The van der Waals surface area contributed by atoms with Gasteiger partial charge in [0.25, 0.3) is 0 Å². The second-order valence-corrected chi connectivity index (χ2v) is 9.83. The molecule has 0 aliphatic rings. The number of aromatic amines is 2. The molecule has 0 amide bonds. The Morgan fingerprint density at radius 3 is 1.21 bits per heavy atom. The number of nitrogens with one attached hydrogen (secondary N) is 2. The van der Waals surface area contributed by atoms with E-state index in [0.717, 1.165) is 67.4 Å². The lowest BCUT2D eigenvalue weighted by Gasteiger charge is -2.17. The van der Waals surface area contributed by atoms with Crippen LogP contribution in [0.2, 0.25) is 0 Å². The number of benzene rings is 3. The Bertz CT molecular complexity index is 1550. The van der Waals surface area contributed by atoms with Gasteiger partial charge in [-0.25, -0.2) is 9.97 Å². The topological polar surface area (TPSA) is 63.8 Å². The lowest BCUT2D eigenvalue weighted by molar-refractivity contribution is 1.13. The molecule has 0 spiro atoms. The quantitative estimate of drug-likeness (QED) is 0.257. The van der Waals surface area contributed by atoms with Crippen molar-refractivity contribution in [1.82, 2.24) is 19.9 Å². The monoisotopic (exact) mass is 498 g/mol. The zero-order valence-corrected chi connectivity index (χ0v) is 22.0. The standard InChI is InChI=1S/C32H30N6/c1-37(2)23-13-9-21(10-14-23)25-17-18-26(22-11-15-24(16-12-22)38(3)4)30-29(25)35-31(27-7-5-19-33-27)32(36-30)28-8-6-20-34-28/h5-20,33-34H,1-4H3. The maximum Gasteiger partial charge on any atom is 0.115 e. The Hall–Kier alpha value is -4.84. The Kier molecular flexibility index (Phi) is 5.92. The fourth-order valence-electron chi connectivity index (χ4n) is 4.81. The van der Waals surface area contributed by atoms with Crippen LogP contribution in [0, 0.1) is 0 Å². The van der Waals surface area contributed by atoms with E-state index in [1.54, 1.807) is 0 Å². The molecule has 3 heterocycles. The van der Waals surface area contributed by atoms with Crippen LogP contribution in [0.1, 0.15) is 0 Å². The van der Waals surface area contributed by atoms with Gasteiger partial charge in [-0.15, -0.1) is 0 Å². The minimum Gasteiger partial charge on any atom is -0.378 e. The zero-order valence-electron chi connectivity index (χ0n) is 22.0. The third kappa shape index (κ3) is 4.20. The van der Waals surface area contributed by atoms with Crippen LogP contribution in [0.4, 0.5) is 11.4 Å². The molecule has 0 aliphatic carbocycles. The number of H-pyrrole nitrogens is 2. The average molecular weight is 499 g/mol. The van der Waals surface area contributed by atoms with Gasteiger partial charge in [-0.1, -0.05) is 36.4 Å². The Balaban J connectivity index is 1.64. The number of anilines is 2. The van der Waals surface area contributed by atoms with Crippen LogP contribution in [0.15, 0.2) is 97.3 Å². The summed E-state index contributed by atoms with van der Waals surface area (Å²) in [7, 11) is 8.21. The van der Waals surface area contributed by atoms with Gasteiger partial charge >= 0.3 is 0 Å².